The van der Waals surface area contributed by atoms with Gasteiger partial charge in [-0.3, -0.25) is 0 Å². The Balaban J connectivity index is 2.75. The van der Waals surface area contributed by atoms with E-state index in [2.05, 4.69) is 36.4 Å². The van der Waals surface area contributed by atoms with Gasteiger partial charge < -0.3 is 5.23 Å². The summed E-state index contributed by atoms with van der Waals surface area (Å²) in [5.74, 6) is 0. The maximum Gasteiger partial charge on any atom is 0.182 e. The monoisotopic (exact) mass is 133 g/mol. The third-order valence-electron chi connectivity index (χ3n) is 1.46. The Morgan fingerprint density at radius 2 is 2.30 bits per heavy atom. The lowest BCUT2D eigenvalue weighted by Gasteiger charge is -1.99. The minimum Gasteiger partial charge on any atom is -0.358 e. The molecule has 0 atom stereocenters. The minimum absolute atomic E-state index is 0.960. The maximum atomic E-state index is 3.11. The molecule has 0 radical (unpaired) electrons. The highest BCUT2D eigenvalue weighted by molar-refractivity contribution is 6.04. The highest BCUT2D eigenvalue weighted by Gasteiger charge is 1.88. The fraction of sp³-hybridized carbons (Fsp3) is 0.250. The van der Waals surface area contributed by atoms with E-state index in [9.17, 15) is 0 Å². The van der Waals surface area contributed by atoms with Crippen molar-refractivity contribution >= 4 is 7.98 Å². The zero-order valence-electron chi connectivity index (χ0n) is 6.52. The fourth-order valence-electron chi connectivity index (χ4n) is 1.03. The van der Waals surface area contributed by atoms with E-state index >= 15 is 0 Å². The molecule has 0 amide bonds. The van der Waals surface area contributed by atoms with E-state index in [1.807, 2.05) is 7.98 Å². The smallest absolute Gasteiger partial charge is 0.182 e. The molecule has 0 fully saturated rings. The molecule has 0 aliphatic heterocycles. The molecule has 1 aromatic rings. The van der Waals surface area contributed by atoms with Gasteiger partial charge in [0.1, 0.15) is 0 Å². The van der Waals surface area contributed by atoms with Crippen LogP contribution in [0.25, 0.3) is 0 Å². The molecule has 0 saturated carbocycles. The molecule has 0 unspecified atom stereocenters. The summed E-state index contributed by atoms with van der Waals surface area (Å²) in [6.45, 7) is 3.07. The standard InChI is InChI=1S/C8H12BN/c1-7-3-2-4-8(5-7)6-10-9/h2-5,10H,6,9H2,1H3. The second-order valence-electron chi connectivity index (χ2n) is 2.52. The predicted molar refractivity (Wildman–Crippen MR) is 46.6 cm³/mol. The lowest BCUT2D eigenvalue weighted by molar-refractivity contribution is 0.959. The Labute approximate surface area is 62.9 Å². The third kappa shape index (κ3) is 1.88. The van der Waals surface area contributed by atoms with E-state index in [1.54, 1.807) is 0 Å². The largest absolute Gasteiger partial charge is 0.358 e. The molecule has 52 valence electrons. The molecule has 1 aromatic carbocycles. The van der Waals surface area contributed by atoms with Crippen LogP contribution in [0.1, 0.15) is 11.1 Å². The summed E-state index contributed by atoms with van der Waals surface area (Å²) in [5, 5.41) is 3.11. The third-order valence-corrected chi connectivity index (χ3v) is 1.46. The van der Waals surface area contributed by atoms with Crippen LogP contribution in [-0.4, -0.2) is 7.98 Å². The Morgan fingerprint density at radius 1 is 1.50 bits per heavy atom. The van der Waals surface area contributed by atoms with Gasteiger partial charge >= 0.3 is 0 Å². The first-order valence-corrected chi connectivity index (χ1v) is 3.53. The first-order chi connectivity index (χ1) is 4.83. The van der Waals surface area contributed by atoms with E-state index in [0.717, 1.165) is 6.54 Å². The van der Waals surface area contributed by atoms with Crippen LogP contribution in [0.4, 0.5) is 0 Å². The quantitative estimate of drug-likeness (QED) is 0.583. The number of hydrogen-bond donors (Lipinski definition) is 1. The van der Waals surface area contributed by atoms with Crippen molar-refractivity contribution in [2.45, 2.75) is 13.5 Å². The summed E-state index contributed by atoms with van der Waals surface area (Å²) in [6, 6.07) is 8.52. The molecule has 0 aliphatic rings. The first-order valence-electron chi connectivity index (χ1n) is 3.53. The van der Waals surface area contributed by atoms with Gasteiger partial charge in [-0.15, -0.1) is 0 Å². The highest BCUT2D eigenvalue weighted by atomic mass is 14.7. The van der Waals surface area contributed by atoms with Crippen LogP contribution in [0.5, 0.6) is 0 Å². The summed E-state index contributed by atoms with van der Waals surface area (Å²) in [5.41, 5.74) is 2.68. The van der Waals surface area contributed by atoms with Gasteiger partial charge in [0.2, 0.25) is 0 Å². The van der Waals surface area contributed by atoms with Gasteiger partial charge in [0.05, 0.1) is 0 Å². The molecule has 0 saturated heterocycles. The molecular formula is C8H12BN. The minimum atomic E-state index is 0.960. The van der Waals surface area contributed by atoms with Crippen molar-refractivity contribution in [3.8, 4) is 0 Å². The van der Waals surface area contributed by atoms with E-state index in [4.69, 9.17) is 0 Å². The van der Waals surface area contributed by atoms with Crippen molar-refractivity contribution in [3.63, 3.8) is 0 Å². The van der Waals surface area contributed by atoms with Crippen molar-refractivity contribution < 1.29 is 0 Å². The van der Waals surface area contributed by atoms with Gasteiger partial charge in [0.25, 0.3) is 0 Å². The average molecular weight is 133 g/mol. The summed E-state index contributed by atoms with van der Waals surface area (Å²) in [7, 11) is 1.96. The molecule has 0 bridgehead atoms. The lowest BCUT2D eigenvalue weighted by Crippen LogP contribution is -2.06. The van der Waals surface area contributed by atoms with Gasteiger partial charge in [-0.1, -0.05) is 29.8 Å². The Kier molecular flexibility index (Phi) is 2.52. The highest BCUT2D eigenvalue weighted by Crippen LogP contribution is 2.02. The molecule has 2 heteroatoms. The van der Waals surface area contributed by atoms with Crippen molar-refractivity contribution in [3.05, 3.63) is 35.4 Å². The summed E-state index contributed by atoms with van der Waals surface area (Å²) in [4.78, 5) is 0. The van der Waals surface area contributed by atoms with Crippen LogP contribution in [0.3, 0.4) is 0 Å². The van der Waals surface area contributed by atoms with Crippen molar-refractivity contribution in [1.82, 2.24) is 5.23 Å². The molecule has 1 rings (SSSR count). The number of hydrogen-bond acceptors (Lipinski definition) is 1. The van der Waals surface area contributed by atoms with Crippen LogP contribution in [-0.2, 0) is 6.54 Å². The summed E-state index contributed by atoms with van der Waals surface area (Å²) in [6.07, 6.45) is 0. The predicted octanol–water partition coefficient (Wildman–Crippen LogP) is 0.633. The maximum absolute atomic E-state index is 3.11. The Hall–Kier alpha value is -0.755. The normalized spacial score (nSPS) is 9.70. The fourth-order valence-corrected chi connectivity index (χ4v) is 1.03. The molecule has 0 heterocycles. The first kappa shape index (κ1) is 7.35. The number of rotatable bonds is 2. The Morgan fingerprint density at radius 3 is 2.90 bits per heavy atom. The zero-order chi connectivity index (χ0) is 7.40. The second kappa shape index (κ2) is 3.42. The molecule has 0 aromatic heterocycles. The SMILES string of the molecule is BNCc1cccc(C)c1. The van der Waals surface area contributed by atoms with Crippen LogP contribution in [0.2, 0.25) is 0 Å². The van der Waals surface area contributed by atoms with Gasteiger partial charge in [0.15, 0.2) is 7.98 Å². The molecule has 1 N–H and O–H groups in total. The van der Waals surface area contributed by atoms with E-state index in [-0.39, 0.29) is 0 Å². The van der Waals surface area contributed by atoms with E-state index in [1.165, 1.54) is 11.1 Å². The molecule has 0 aliphatic carbocycles. The number of aryl methyl sites for hydroxylation is 1. The molecule has 0 spiro atoms. The molecular weight excluding hydrogens is 121 g/mol. The Bertz CT molecular complexity index is 210. The van der Waals surface area contributed by atoms with Crippen molar-refractivity contribution in [1.29, 1.82) is 0 Å². The summed E-state index contributed by atoms with van der Waals surface area (Å²) < 4.78 is 0. The number of benzene rings is 1. The second-order valence-corrected chi connectivity index (χ2v) is 2.52. The molecule has 1 nitrogen and oxygen atoms in total. The van der Waals surface area contributed by atoms with Gasteiger partial charge in [-0.25, -0.2) is 0 Å². The van der Waals surface area contributed by atoms with Crippen LogP contribution in [0.15, 0.2) is 24.3 Å². The van der Waals surface area contributed by atoms with Crippen LogP contribution < -0.4 is 5.23 Å². The lowest BCUT2D eigenvalue weighted by atomic mass is 10.1. The van der Waals surface area contributed by atoms with Gasteiger partial charge in [-0.2, -0.15) is 0 Å². The number of nitrogens with one attached hydrogen (secondary N) is 1. The van der Waals surface area contributed by atoms with E-state index in [0.29, 0.717) is 0 Å². The van der Waals surface area contributed by atoms with Gasteiger partial charge in [-0.05, 0) is 12.5 Å². The zero-order valence-corrected chi connectivity index (χ0v) is 6.52. The van der Waals surface area contributed by atoms with Crippen molar-refractivity contribution in [2.75, 3.05) is 0 Å². The topological polar surface area (TPSA) is 12.0 Å². The van der Waals surface area contributed by atoms with Crippen molar-refractivity contribution in [2.24, 2.45) is 0 Å². The van der Waals surface area contributed by atoms with Crippen LogP contribution in [0, 0.1) is 6.92 Å². The van der Waals surface area contributed by atoms with Crippen LogP contribution >= 0.6 is 0 Å². The molecule has 10 heavy (non-hydrogen) atoms. The van der Waals surface area contributed by atoms with E-state index < -0.39 is 0 Å². The van der Waals surface area contributed by atoms with Gasteiger partial charge in [0, 0.05) is 6.54 Å². The summed E-state index contributed by atoms with van der Waals surface area (Å²) >= 11 is 0. The average Bonchev–Trinajstić information content (AvgIpc) is 1.88.